The minimum absolute atomic E-state index is 0.154. The standard InChI is InChI=1S/C13H16BrNO/c1-9(10-5-7-12(14)8-6-10)15(2)13(16)11-3-4-11/h5-9,11H,3-4H2,1-2H3. The Morgan fingerprint density at radius 3 is 2.44 bits per heavy atom. The zero-order valence-electron chi connectivity index (χ0n) is 9.61. The lowest BCUT2D eigenvalue weighted by Crippen LogP contribution is -2.30. The van der Waals surface area contributed by atoms with E-state index in [2.05, 4.69) is 35.0 Å². The van der Waals surface area contributed by atoms with Crippen molar-refractivity contribution in [2.75, 3.05) is 7.05 Å². The van der Waals surface area contributed by atoms with E-state index in [-0.39, 0.29) is 11.9 Å². The number of amides is 1. The molecule has 16 heavy (non-hydrogen) atoms. The first-order valence-corrected chi connectivity index (χ1v) is 6.41. The Bertz CT molecular complexity index is 383. The average Bonchev–Trinajstić information content (AvgIpc) is 3.11. The van der Waals surface area contributed by atoms with Crippen LogP contribution in [0.25, 0.3) is 0 Å². The minimum atomic E-state index is 0.154. The van der Waals surface area contributed by atoms with E-state index in [1.807, 2.05) is 24.1 Å². The molecule has 86 valence electrons. The third-order valence-electron chi connectivity index (χ3n) is 3.21. The van der Waals surface area contributed by atoms with E-state index in [9.17, 15) is 4.79 Å². The average molecular weight is 282 g/mol. The van der Waals surface area contributed by atoms with Gasteiger partial charge in [0.25, 0.3) is 0 Å². The van der Waals surface area contributed by atoms with Crippen LogP contribution in [-0.2, 0) is 4.79 Å². The normalized spacial score (nSPS) is 16.9. The van der Waals surface area contributed by atoms with Gasteiger partial charge in [-0.25, -0.2) is 0 Å². The van der Waals surface area contributed by atoms with Gasteiger partial charge >= 0.3 is 0 Å². The van der Waals surface area contributed by atoms with Crippen molar-refractivity contribution in [1.29, 1.82) is 0 Å². The number of nitrogens with zero attached hydrogens (tertiary/aromatic N) is 1. The van der Waals surface area contributed by atoms with Crippen molar-refractivity contribution < 1.29 is 4.79 Å². The lowest BCUT2D eigenvalue weighted by Gasteiger charge is -2.25. The van der Waals surface area contributed by atoms with Gasteiger partial charge in [0.15, 0.2) is 0 Å². The maximum atomic E-state index is 11.9. The summed E-state index contributed by atoms with van der Waals surface area (Å²) in [5, 5.41) is 0. The summed E-state index contributed by atoms with van der Waals surface area (Å²) in [6, 6.07) is 8.31. The second-order valence-corrected chi connectivity index (χ2v) is 5.37. The van der Waals surface area contributed by atoms with Crippen LogP contribution in [-0.4, -0.2) is 17.9 Å². The van der Waals surface area contributed by atoms with Crippen molar-refractivity contribution in [1.82, 2.24) is 4.90 Å². The number of rotatable bonds is 3. The molecule has 1 aliphatic rings. The fourth-order valence-corrected chi connectivity index (χ4v) is 2.04. The summed E-state index contributed by atoms with van der Waals surface area (Å²) in [6.45, 7) is 2.07. The van der Waals surface area contributed by atoms with E-state index >= 15 is 0 Å². The maximum absolute atomic E-state index is 11.9. The van der Waals surface area contributed by atoms with Crippen molar-refractivity contribution in [2.45, 2.75) is 25.8 Å². The molecule has 1 unspecified atom stereocenters. The zero-order valence-corrected chi connectivity index (χ0v) is 11.2. The van der Waals surface area contributed by atoms with Crippen LogP contribution in [0.4, 0.5) is 0 Å². The Hall–Kier alpha value is -0.830. The molecule has 0 aromatic heterocycles. The van der Waals surface area contributed by atoms with Gasteiger partial charge in [0.05, 0.1) is 6.04 Å². The summed E-state index contributed by atoms with van der Waals surface area (Å²) in [5.41, 5.74) is 1.18. The van der Waals surface area contributed by atoms with Crippen molar-refractivity contribution in [3.8, 4) is 0 Å². The van der Waals surface area contributed by atoms with Gasteiger partial charge in [0, 0.05) is 17.4 Å². The van der Waals surface area contributed by atoms with Gasteiger partial charge in [-0.2, -0.15) is 0 Å². The molecule has 1 fully saturated rings. The van der Waals surface area contributed by atoms with E-state index in [0.29, 0.717) is 5.92 Å². The molecule has 0 aliphatic heterocycles. The second-order valence-electron chi connectivity index (χ2n) is 4.45. The Morgan fingerprint density at radius 1 is 1.38 bits per heavy atom. The molecule has 3 heteroatoms. The molecule has 1 aromatic rings. The fraction of sp³-hybridized carbons (Fsp3) is 0.462. The van der Waals surface area contributed by atoms with Crippen LogP contribution in [0.5, 0.6) is 0 Å². The van der Waals surface area contributed by atoms with E-state index in [1.54, 1.807) is 0 Å². The third kappa shape index (κ3) is 2.46. The summed E-state index contributed by atoms with van der Waals surface area (Å²) < 4.78 is 1.07. The lowest BCUT2D eigenvalue weighted by molar-refractivity contribution is -0.133. The van der Waals surface area contributed by atoms with E-state index < -0.39 is 0 Å². The van der Waals surface area contributed by atoms with E-state index in [4.69, 9.17) is 0 Å². The van der Waals surface area contributed by atoms with E-state index in [1.165, 1.54) is 5.56 Å². The van der Waals surface area contributed by atoms with Gasteiger partial charge in [-0.1, -0.05) is 28.1 Å². The Kier molecular flexibility index (Phi) is 3.33. The highest BCUT2D eigenvalue weighted by atomic mass is 79.9. The van der Waals surface area contributed by atoms with Crippen molar-refractivity contribution in [3.63, 3.8) is 0 Å². The quantitative estimate of drug-likeness (QED) is 0.832. The number of carbonyl (C=O) groups excluding carboxylic acids is 1. The molecule has 0 spiro atoms. The van der Waals surface area contributed by atoms with Crippen molar-refractivity contribution in [2.24, 2.45) is 5.92 Å². The first-order valence-electron chi connectivity index (χ1n) is 5.61. The molecule has 1 saturated carbocycles. The van der Waals surface area contributed by atoms with Gasteiger partial charge in [-0.05, 0) is 37.5 Å². The number of hydrogen-bond acceptors (Lipinski definition) is 1. The topological polar surface area (TPSA) is 20.3 Å². The van der Waals surface area contributed by atoms with Crippen LogP contribution in [0.2, 0.25) is 0 Å². The Morgan fingerprint density at radius 2 is 1.94 bits per heavy atom. The molecule has 1 aromatic carbocycles. The highest BCUT2D eigenvalue weighted by Crippen LogP contribution is 2.33. The van der Waals surface area contributed by atoms with E-state index in [0.717, 1.165) is 17.3 Å². The van der Waals surface area contributed by atoms with Gasteiger partial charge in [0.1, 0.15) is 0 Å². The van der Waals surface area contributed by atoms with Crippen molar-refractivity contribution in [3.05, 3.63) is 34.3 Å². The Labute approximate surface area is 105 Å². The van der Waals surface area contributed by atoms with Gasteiger partial charge in [0.2, 0.25) is 5.91 Å². The summed E-state index contributed by atoms with van der Waals surface area (Å²) in [7, 11) is 1.90. The molecule has 0 N–H and O–H groups in total. The molecule has 0 bridgehead atoms. The smallest absolute Gasteiger partial charge is 0.225 e. The van der Waals surface area contributed by atoms with Crippen molar-refractivity contribution >= 4 is 21.8 Å². The molecular formula is C13H16BrNO. The highest BCUT2D eigenvalue weighted by Gasteiger charge is 2.33. The summed E-state index contributed by atoms with van der Waals surface area (Å²) in [6.07, 6.45) is 2.13. The number of halogens is 1. The zero-order chi connectivity index (χ0) is 11.7. The first-order chi connectivity index (χ1) is 7.59. The molecule has 0 radical (unpaired) electrons. The van der Waals surface area contributed by atoms with Crippen LogP contribution in [0, 0.1) is 5.92 Å². The first kappa shape index (κ1) is 11.6. The predicted molar refractivity (Wildman–Crippen MR) is 68.1 cm³/mol. The third-order valence-corrected chi connectivity index (χ3v) is 3.74. The van der Waals surface area contributed by atoms with Gasteiger partial charge in [-0.15, -0.1) is 0 Å². The summed E-state index contributed by atoms with van der Waals surface area (Å²) in [4.78, 5) is 13.8. The predicted octanol–water partition coefficient (Wildman–Crippen LogP) is 3.38. The molecule has 1 amide bonds. The van der Waals surface area contributed by atoms with Crippen LogP contribution >= 0.6 is 15.9 Å². The number of hydrogen-bond donors (Lipinski definition) is 0. The maximum Gasteiger partial charge on any atom is 0.225 e. The largest absolute Gasteiger partial charge is 0.339 e. The minimum Gasteiger partial charge on any atom is -0.339 e. The van der Waals surface area contributed by atoms with Crippen LogP contribution < -0.4 is 0 Å². The number of benzene rings is 1. The molecule has 2 nitrogen and oxygen atoms in total. The summed E-state index contributed by atoms with van der Waals surface area (Å²) in [5.74, 6) is 0.582. The lowest BCUT2D eigenvalue weighted by atomic mass is 10.1. The molecule has 0 saturated heterocycles. The molecule has 0 heterocycles. The summed E-state index contributed by atoms with van der Waals surface area (Å²) >= 11 is 3.41. The van der Waals surface area contributed by atoms with Gasteiger partial charge < -0.3 is 4.90 Å². The van der Waals surface area contributed by atoms with Crippen LogP contribution in [0.3, 0.4) is 0 Å². The highest BCUT2D eigenvalue weighted by molar-refractivity contribution is 9.10. The van der Waals surface area contributed by atoms with Crippen LogP contribution in [0.1, 0.15) is 31.4 Å². The molecule has 1 atom stereocenters. The fourth-order valence-electron chi connectivity index (χ4n) is 1.77. The molecular weight excluding hydrogens is 266 g/mol. The SMILES string of the molecule is CC(c1ccc(Br)cc1)N(C)C(=O)C1CC1. The van der Waals surface area contributed by atoms with Gasteiger partial charge in [-0.3, -0.25) is 4.79 Å². The second kappa shape index (κ2) is 4.58. The number of carbonyl (C=O) groups is 1. The van der Waals surface area contributed by atoms with Crippen LogP contribution in [0.15, 0.2) is 28.7 Å². The molecule has 2 rings (SSSR count). The monoisotopic (exact) mass is 281 g/mol. The molecule has 1 aliphatic carbocycles. The Balaban J connectivity index is 2.08.